The Hall–Kier alpha value is -1.15. The van der Waals surface area contributed by atoms with E-state index in [9.17, 15) is 0 Å². The second-order valence-corrected chi connectivity index (χ2v) is 4.45. The molecule has 0 aromatic carbocycles. The van der Waals surface area contributed by atoms with Crippen molar-refractivity contribution >= 4 is 5.57 Å². The molecule has 78 valence electrons. The van der Waals surface area contributed by atoms with Crippen molar-refractivity contribution in [3.8, 4) is 0 Å². The highest BCUT2D eigenvalue weighted by atomic mass is 15.0. The molecule has 2 nitrogen and oxygen atoms in total. The third kappa shape index (κ3) is 1.70. The molecule has 1 fully saturated rings. The molecule has 1 unspecified atom stereocenters. The third-order valence-corrected chi connectivity index (χ3v) is 3.46. The predicted molar refractivity (Wildman–Crippen MR) is 61.4 cm³/mol. The van der Waals surface area contributed by atoms with Crippen molar-refractivity contribution in [3.05, 3.63) is 36.2 Å². The Labute approximate surface area is 90.4 Å². The Morgan fingerprint density at radius 1 is 1.20 bits per heavy atom. The minimum Gasteiger partial charge on any atom is -0.307 e. The molecule has 1 saturated heterocycles. The van der Waals surface area contributed by atoms with Crippen LogP contribution in [0.25, 0.3) is 5.57 Å². The predicted octanol–water partition coefficient (Wildman–Crippen LogP) is 2.38. The summed E-state index contributed by atoms with van der Waals surface area (Å²) in [5.74, 6) is 0. The number of hydrogen-bond donors (Lipinski definition) is 1. The zero-order valence-corrected chi connectivity index (χ0v) is 8.82. The summed E-state index contributed by atoms with van der Waals surface area (Å²) in [6.07, 6.45) is 9.33. The summed E-state index contributed by atoms with van der Waals surface area (Å²) in [6.45, 7) is 0. The van der Waals surface area contributed by atoms with Gasteiger partial charge >= 0.3 is 0 Å². The average molecular weight is 200 g/mol. The summed E-state index contributed by atoms with van der Waals surface area (Å²) in [5, 5.41) is 3.69. The van der Waals surface area contributed by atoms with E-state index in [1.54, 1.807) is 0 Å². The van der Waals surface area contributed by atoms with Gasteiger partial charge in [0.25, 0.3) is 0 Å². The van der Waals surface area contributed by atoms with Gasteiger partial charge in [-0.1, -0.05) is 12.1 Å². The molecule has 1 N–H and O–H groups in total. The molecule has 1 aromatic rings. The van der Waals surface area contributed by atoms with E-state index in [4.69, 9.17) is 0 Å². The van der Waals surface area contributed by atoms with E-state index in [1.165, 1.54) is 31.3 Å². The van der Waals surface area contributed by atoms with Crippen molar-refractivity contribution in [2.24, 2.45) is 0 Å². The molecular formula is C13H16N2. The number of rotatable bonds is 1. The maximum atomic E-state index is 4.45. The fraction of sp³-hybridized carbons (Fsp3) is 0.462. The normalized spacial score (nSPS) is 29.7. The first kappa shape index (κ1) is 9.10. The highest BCUT2D eigenvalue weighted by Crippen LogP contribution is 2.30. The molecule has 3 rings (SSSR count). The summed E-state index contributed by atoms with van der Waals surface area (Å²) in [4.78, 5) is 4.45. The van der Waals surface area contributed by atoms with Gasteiger partial charge in [0.05, 0.1) is 5.69 Å². The van der Waals surface area contributed by atoms with Crippen molar-refractivity contribution in [3.63, 3.8) is 0 Å². The van der Waals surface area contributed by atoms with Gasteiger partial charge in [0.1, 0.15) is 0 Å². The second-order valence-electron chi connectivity index (χ2n) is 4.45. The summed E-state index contributed by atoms with van der Waals surface area (Å²) >= 11 is 0. The topological polar surface area (TPSA) is 24.9 Å². The molecule has 1 aromatic heterocycles. The van der Waals surface area contributed by atoms with Crippen molar-refractivity contribution in [1.82, 2.24) is 10.3 Å². The van der Waals surface area contributed by atoms with Crippen LogP contribution in [0.3, 0.4) is 0 Å². The van der Waals surface area contributed by atoms with Crippen molar-refractivity contribution in [1.29, 1.82) is 0 Å². The molecule has 2 aliphatic rings. The molecule has 0 amide bonds. The molecular weight excluding hydrogens is 184 g/mol. The quantitative estimate of drug-likeness (QED) is 0.753. The maximum Gasteiger partial charge on any atom is 0.0674 e. The van der Waals surface area contributed by atoms with Gasteiger partial charge in [-0.15, -0.1) is 0 Å². The van der Waals surface area contributed by atoms with Gasteiger partial charge in [-0.2, -0.15) is 0 Å². The first-order valence-electron chi connectivity index (χ1n) is 5.81. The minimum absolute atomic E-state index is 0.549. The molecule has 2 aliphatic heterocycles. The van der Waals surface area contributed by atoms with Crippen LogP contribution in [0.2, 0.25) is 0 Å². The smallest absolute Gasteiger partial charge is 0.0674 e. The van der Waals surface area contributed by atoms with E-state index >= 15 is 0 Å². The van der Waals surface area contributed by atoms with Crippen LogP contribution in [0.15, 0.2) is 30.5 Å². The van der Waals surface area contributed by atoms with Crippen molar-refractivity contribution < 1.29 is 0 Å². The summed E-state index contributed by atoms with van der Waals surface area (Å²) in [7, 11) is 0. The van der Waals surface area contributed by atoms with Gasteiger partial charge < -0.3 is 5.32 Å². The highest BCUT2D eigenvalue weighted by molar-refractivity contribution is 5.67. The van der Waals surface area contributed by atoms with Crippen molar-refractivity contribution in [2.75, 3.05) is 0 Å². The van der Waals surface area contributed by atoms with Gasteiger partial charge in [-0.25, -0.2) is 0 Å². The minimum atomic E-state index is 0.549. The van der Waals surface area contributed by atoms with Crippen LogP contribution in [0.1, 0.15) is 31.4 Å². The molecule has 0 saturated carbocycles. The van der Waals surface area contributed by atoms with Crippen LogP contribution < -0.4 is 5.32 Å². The van der Waals surface area contributed by atoms with E-state index in [-0.39, 0.29) is 0 Å². The zero-order chi connectivity index (χ0) is 10.1. The van der Waals surface area contributed by atoms with Crippen LogP contribution >= 0.6 is 0 Å². The number of hydrogen-bond acceptors (Lipinski definition) is 2. The lowest BCUT2D eigenvalue weighted by Crippen LogP contribution is -2.28. The van der Waals surface area contributed by atoms with E-state index in [0.29, 0.717) is 6.04 Å². The van der Waals surface area contributed by atoms with Crippen LogP contribution in [0.4, 0.5) is 0 Å². The Morgan fingerprint density at radius 2 is 2.20 bits per heavy atom. The summed E-state index contributed by atoms with van der Waals surface area (Å²) in [5.41, 5.74) is 2.56. The van der Waals surface area contributed by atoms with Crippen LogP contribution in [-0.2, 0) is 0 Å². The fourth-order valence-corrected chi connectivity index (χ4v) is 2.69. The van der Waals surface area contributed by atoms with Crippen LogP contribution in [0.5, 0.6) is 0 Å². The molecule has 0 radical (unpaired) electrons. The Bertz CT molecular complexity index is 369. The highest BCUT2D eigenvalue weighted by Gasteiger charge is 2.29. The number of nitrogens with zero attached hydrogens (tertiary/aromatic N) is 1. The SMILES string of the molecule is C1=C(c2ccccn2)C2CC[C@H](CC1)N2. The summed E-state index contributed by atoms with van der Waals surface area (Å²) in [6, 6.07) is 7.46. The van der Waals surface area contributed by atoms with Crippen LogP contribution in [-0.4, -0.2) is 17.1 Å². The number of fused-ring (bicyclic) bond motifs is 2. The fourth-order valence-electron chi connectivity index (χ4n) is 2.69. The van der Waals surface area contributed by atoms with Gasteiger partial charge in [0, 0.05) is 18.3 Å². The first-order chi connectivity index (χ1) is 7.43. The zero-order valence-electron chi connectivity index (χ0n) is 8.82. The molecule has 2 heteroatoms. The summed E-state index contributed by atoms with van der Waals surface area (Å²) < 4.78 is 0. The second kappa shape index (κ2) is 3.78. The standard InChI is InChI=1S/C13H16N2/c1-2-9-14-12(6-1)11-5-3-4-10-7-8-13(11)15-10/h1-2,5-6,9-10,13,15H,3-4,7-8H2/t10-,13?/m0/s1. The Kier molecular flexibility index (Phi) is 2.29. The lowest BCUT2D eigenvalue weighted by Gasteiger charge is -2.14. The lowest BCUT2D eigenvalue weighted by molar-refractivity contribution is 0.559. The molecule has 2 bridgehead atoms. The molecule has 0 aliphatic carbocycles. The Balaban J connectivity index is 1.94. The Morgan fingerprint density at radius 3 is 3.07 bits per heavy atom. The maximum absolute atomic E-state index is 4.45. The molecule has 0 spiro atoms. The van der Waals surface area contributed by atoms with E-state index in [1.807, 2.05) is 12.3 Å². The van der Waals surface area contributed by atoms with Crippen molar-refractivity contribution in [2.45, 2.75) is 37.8 Å². The monoisotopic (exact) mass is 200 g/mol. The largest absolute Gasteiger partial charge is 0.307 e. The number of allylic oxidation sites excluding steroid dienone is 1. The van der Waals surface area contributed by atoms with Gasteiger partial charge in [0.15, 0.2) is 0 Å². The van der Waals surface area contributed by atoms with E-state index in [0.717, 1.165) is 11.7 Å². The van der Waals surface area contributed by atoms with Crippen LogP contribution in [0, 0.1) is 0 Å². The van der Waals surface area contributed by atoms with Gasteiger partial charge in [-0.05, 0) is 43.4 Å². The number of aromatic nitrogens is 1. The average Bonchev–Trinajstić information content (AvgIpc) is 2.61. The third-order valence-electron chi connectivity index (χ3n) is 3.46. The molecule has 3 heterocycles. The number of nitrogens with one attached hydrogen (secondary N) is 1. The lowest BCUT2D eigenvalue weighted by atomic mass is 9.97. The first-order valence-corrected chi connectivity index (χ1v) is 5.81. The van der Waals surface area contributed by atoms with Gasteiger partial charge in [-0.3, -0.25) is 4.98 Å². The van der Waals surface area contributed by atoms with Gasteiger partial charge in [0.2, 0.25) is 0 Å². The van der Waals surface area contributed by atoms with E-state index < -0.39 is 0 Å². The number of pyridine rings is 1. The van der Waals surface area contributed by atoms with E-state index in [2.05, 4.69) is 28.5 Å². The molecule has 2 atom stereocenters. The molecule has 15 heavy (non-hydrogen) atoms.